The third-order valence-corrected chi connectivity index (χ3v) is 4.24. The zero-order chi connectivity index (χ0) is 14.7. The van der Waals surface area contributed by atoms with E-state index in [9.17, 15) is 4.79 Å². The number of carbonyl (C=O) groups is 1. The molecule has 1 aliphatic heterocycles. The molecule has 1 amide bonds. The van der Waals surface area contributed by atoms with Gasteiger partial charge < -0.3 is 14.6 Å². The Kier molecular flexibility index (Phi) is 5.86. The molecule has 2 aromatic rings. The molecule has 1 saturated heterocycles. The van der Waals surface area contributed by atoms with Crippen molar-refractivity contribution in [3.05, 3.63) is 36.1 Å². The number of para-hydroxylation sites is 1. The molecule has 1 atom stereocenters. The summed E-state index contributed by atoms with van der Waals surface area (Å²) >= 11 is 0. The van der Waals surface area contributed by atoms with Crippen LogP contribution in [0.25, 0.3) is 11.0 Å². The van der Waals surface area contributed by atoms with Crippen molar-refractivity contribution in [2.24, 2.45) is 0 Å². The van der Waals surface area contributed by atoms with Crippen molar-refractivity contribution >= 4 is 29.3 Å². The molecule has 5 heteroatoms. The molecule has 22 heavy (non-hydrogen) atoms. The number of aryl methyl sites for hydroxylation is 1. The molecular formula is C17H23ClN2O2. The maximum absolute atomic E-state index is 12.3. The predicted molar refractivity (Wildman–Crippen MR) is 90.4 cm³/mol. The first-order chi connectivity index (χ1) is 10.3. The van der Waals surface area contributed by atoms with E-state index in [0.717, 1.165) is 42.7 Å². The van der Waals surface area contributed by atoms with E-state index in [2.05, 4.69) is 5.32 Å². The Morgan fingerprint density at radius 3 is 3.00 bits per heavy atom. The summed E-state index contributed by atoms with van der Waals surface area (Å²) in [6.07, 6.45) is 3.44. The number of likely N-dealkylation sites (tertiary alicyclic amines) is 1. The molecule has 120 valence electrons. The largest absolute Gasteiger partial charge is 0.461 e. The minimum absolute atomic E-state index is 0. The average Bonchev–Trinajstić information content (AvgIpc) is 2.95. The highest BCUT2D eigenvalue weighted by molar-refractivity contribution is 5.85. The van der Waals surface area contributed by atoms with Gasteiger partial charge in [-0.25, -0.2) is 0 Å². The topological polar surface area (TPSA) is 45.5 Å². The second kappa shape index (κ2) is 7.65. The molecule has 1 fully saturated rings. The second-order valence-corrected chi connectivity index (χ2v) is 5.72. The third kappa shape index (κ3) is 3.81. The fourth-order valence-corrected chi connectivity index (χ4v) is 2.99. The molecule has 0 aliphatic carbocycles. The van der Waals surface area contributed by atoms with E-state index in [1.807, 2.05) is 42.3 Å². The van der Waals surface area contributed by atoms with Crippen LogP contribution >= 0.6 is 12.4 Å². The molecule has 0 radical (unpaired) electrons. The van der Waals surface area contributed by atoms with Gasteiger partial charge in [-0.1, -0.05) is 18.2 Å². The number of likely N-dealkylation sites (N-methyl/N-ethyl adjacent to an activating group) is 1. The number of halogens is 1. The first kappa shape index (κ1) is 16.8. The van der Waals surface area contributed by atoms with Crippen molar-refractivity contribution in [1.29, 1.82) is 0 Å². The second-order valence-electron chi connectivity index (χ2n) is 5.72. The Bertz CT molecular complexity index is 593. The van der Waals surface area contributed by atoms with E-state index >= 15 is 0 Å². The Labute approximate surface area is 137 Å². The highest BCUT2D eigenvalue weighted by atomic mass is 35.5. The summed E-state index contributed by atoms with van der Waals surface area (Å²) in [5.74, 6) is 1.13. The van der Waals surface area contributed by atoms with Gasteiger partial charge in [-0.3, -0.25) is 4.79 Å². The predicted octanol–water partition coefficient (Wildman–Crippen LogP) is 3.00. The van der Waals surface area contributed by atoms with E-state index in [0.29, 0.717) is 18.9 Å². The lowest BCUT2D eigenvalue weighted by Gasteiger charge is -2.32. The van der Waals surface area contributed by atoms with Crippen LogP contribution in [0.4, 0.5) is 0 Å². The van der Waals surface area contributed by atoms with E-state index < -0.39 is 0 Å². The van der Waals surface area contributed by atoms with Gasteiger partial charge in [0.05, 0.1) is 0 Å². The van der Waals surface area contributed by atoms with Crippen LogP contribution in [0.3, 0.4) is 0 Å². The normalized spacial score (nSPS) is 18.2. The van der Waals surface area contributed by atoms with E-state index in [1.54, 1.807) is 0 Å². The average molecular weight is 323 g/mol. The van der Waals surface area contributed by atoms with Gasteiger partial charge in [-0.2, -0.15) is 0 Å². The zero-order valence-corrected chi connectivity index (χ0v) is 13.7. The lowest BCUT2D eigenvalue weighted by atomic mass is 10.1. The minimum atomic E-state index is 0. The number of benzene rings is 1. The molecule has 0 bridgehead atoms. The molecule has 1 aromatic carbocycles. The van der Waals surface area contributed by atoms with Crippen molar-refractivity contribution in [2.75, 3.05) is 20.1 Å². The van der Waals surface area contributed by atoms with Crippen molar-refractivity contribution in [1.82, 2.24) is 10.2 Å². The Morgan fingerprint density at radius 2 is 2.23 bits per heavy atom. The quantitative estimate of drug-likeness (QED) is 0.941. The number of furan rings is 1. The smallest absolute Gasteiger partial charge is 0.223 e. The number of fused-ring (bicyclic) bond motifs is 1. The van der Waals surface area contributed by atoms with Crippen LogP contribution in [-0.4, -0.2) is 37.0 Å². The monoisotopic (exact) mass is 322 g/mol. The van der Waals surface area contributed by atoms with Crippen molar-refractivity contribution in [2.45, 2.75) is 31.7 Å². The van der Waals surface area contributed by atoms with E-state index in [-0.39, 0.29) is 18.3 Å². The van der Waals surface area contributed by atoms with E-state index in [4.69, 9.17) is 4.42 Å². The Balaban J connectivity index is 0.00000176. The van der Waals surface area contributed by atoms with Gasteiger partial charge in [0.25, 0.3) is 0 Å². The summed E-state index contributed by atoms with van der Waals surface area (Å²) in [5, 5.41) is 4.37. The molecule has 3 rings (SSSR count). The molecular weight excluding hydrogens is 300 g/mol. The lowest BCUT2D eigenvalue weighted by molar-refractivity contribution is -0.132. The van der Waals surface area contributed by atoms with E-state index in [1.165, 1.54) is 0 Å². The van der Waals surface area contributed by atoms with Crippen LogP contribution in [0.5, 0.6) is 0 Å². The Hall–Kier alpha value is -1.52. The van der Waals surface area contributed by atoms with Gasteiger partial charge >= 0.3 is 0 Å². The summed E-state index contributed by atoms with van der Waals surface area (Å²) in [7, 11) is 1.97. The molecule has 4 nitrogen and oxygen atoms in total. The molecule has 1 N–H and O–H groups in total. The maximum Gasteiger partial charge on any atom is 0.223 e. The summed E-state index contributed by atoms with van der Waals surface area (Å²) in [5.41, 5.74) is 0.896. The summed E-state index contributed by atoms with van der Waals surface area (Å²) in [4.78, 5) is 14.3. The number of rotatable bonds is 4. The minimum Gasteiger partial charge on any atom is -0.461 e. The van der Waals surface area contributed by atoms with Crippen LogP contribution < -0.4 is 5.32 Å². The number of hydrogen-bond donors (Lipinski definition) is 1. The maximum atomic E-state index is 12.3. The van der Waals surface area contributed by atoms with Crippen LogP contribution in [-0.2, 0) is 11.2 Å². The van der Waals surface area contributed by atoms with Crippen molar-refractivity contribution in [3.8, 4) is 0 Å². The van der Waals surface area contributed by atoms with Crippen LogP contribution in [0, 0.1) is 0 Å². The summed E-state index contributed by atoms with van der Waals surface area (Å²) < 4.78 is 5.76. The standard InChI is InChI=1S/C17H22N2O2.ClH/c1-18-14-6-4-10-19(12-14)17(20)9-8-15-11-13-5-2-3-7-16(13)21-15;/h2-3,5,7,11,14,18H,4,6,8-10,12H2,1H3;1H. The lowest BCUT2D eigenvalue weighted by Crippen LogP contribution is -2.47. The molecule has 1 aromatic heterocycles. The molecule has 2 heterocycles. The van der Waals surface area contributed by atoms with Crippen LogP contribution in [0.1, 0.15) is 25.0 Å². The number of nitrogens with one attached hydrogen (secondary N) is 1. The number of piperidine rings is 1. The number of amides is 1. The molecule has 0 spiro atoms. The summed E-state index contributed by atoms with van der Waals surface area (Å²) in [6, 6.07) is 10.4. The van der Waals surface area contributed by atoms with Gasteiger partial charge in [0.15, 0.2) is 0 Å². The van der Waals surface area contributed by atoms with Crippen molar-refractivity contribution < 1.29 is 9.21 Å². The first-order valence-corrected chi connectivity index (χ1v) is 7.69. The number of hydrogen-bond acceptors (Lipinski definition) is 3. The van der Waals surface area contributed by atoms with Crippen LogP contribution in [0.15, 0.2) is 34.7 Å². The first-order valence-electron chi connectivity index (χ1n) is 7.69. The fourth-order valence-electron chi connectivity index (χ4n) is 2.99. The highest BCUT2D eigenvalue weighted by Gasteiger charge is 2.22. The van der Waals surface area contributed by atoms with Crippen LogP contribution in [0.2, 0.25) is 0 Å². The van der Waals surface area contributed by atoms with Gasteiger partial charge in [0.1, 0.15) is 11.3 Å². The van der Waals surface area contributed by atoms with Gasteiger partial charge in [-0.05, 0) is 32.0 Å². The molecule has 1 unspecified atom stereocenters. The number of carbonyl (C=O) groups excluding carboxylic acids is 1. The Morgan fingerprint density at radius 1 is 1.41 bits per heavy atom. The van der Waals surface area contributed by atoms with Crippen molar-refractivity contribution in [3.63, 3.8) is 0 Å². The zero-order valence-electron chi connectivity index (χ0n) is 12.9. The third-order valence-electron chi connectivity index (χ3n) is 4.24. The SMILES string of the molecule is CNC1CCCN(C(=O)CCc2cc3ccccc3o2)C1.Cl. The highest BCUT2D eigenvalue weighted by Crippen LogP contribution is 2.20. The fraction of sp³-hybridized carbons (Fsp3) is 0.471. The number of nitrogens with zero attached hydrogens (tertiary/aromatic N) is 1. The molecule has 1 aliphatic rings. The molecule has 0 saturated carbocycles. The van der Waals surface area contributed by atoms with Gasteiger partial charge in [-0.15, -0.1) is 12.4 Å². The van der Waals surface area contributed by atoms with Gasteiger partial charge in [0, 0.05) is 37.4 Å². The summed E-state index contributed by atoms with van der Waals surface area (Å²) in [6.45, 7) is 1.71. The van der Waals surface area contributed by atoms with Gasteiger partial charge in [0.2, 0.25) is 5.91 Å².